The SMILES string of the molecule is [Fe+2].c1cc[cH-]c1.c1ccc(Oc2ccc(-c3ccc[cH-]3)cc2)cc1. The molecule has 4 rings (SSSR count). The Morgan fingerprint density at radius 2 is 1.25 bits per heavy atom. The number of rotatable bonds is 3. The molecule has 0 bridgehead atoms. The fraction of sp³-hybridized carbons (Fsp3) is 0. The molecule has 0 heterocycles. The molecule has 4 aromatic carbocycles. The topological polar surface area (TPSA) is 9.23 Å². The van der Waals surface area contributed by atoms with Crippen LogP contribution in [0.5, 0.6) is 11.5 Å². The second-order valence-corrected chi connectivity index (χ2v) is 5.08. The standard InChI is InChI=1S/C17H13O.C5H5.Fe/c1-2-8-16(9-3-1)18-17-12-10-15(11-13-17)14-6-4-5-7-14;1-2-4-5-3-1;/h1-13H;1-5H;/q2*-1;+2. The molecule has 0 saturated carbocycles. The molecule has 0 saturated heterocycles. The normalized spacial score (nSPS) is 9.33. The Kier molecular flexibility index (Phi) is 7.10. The van der Waals surface area contributed by atoms with E-state index in [1.54, 1.807) is 0 Å². The van der Waals surface area contributed by atoms with Crippen LogP contribution in [-0.4, -0.2) is 0 Å². The van der Waals surface area contributed by atoms with Crippen LogP contribution < -0.4 is 4.74 Å². The van der Waals surface area contributed by atoms with E-state index in [-0.39, 0.29) is 17.1 Å². The summed E-state index contributed by atoms with van der Waals surface area (Å²) in [5, 5.41) is 0. The molecule has 0 fully saturated rings. The summed E-state index contributed by atoms with van der Waals surface area (Å²) in [4.78, 5) is 0. The molecule has 0 spiro atoms. The van der Waals surface area contributed by atoms with Crippen LogP contribution in [0, 0.1) is 0 Å². The molecule has 0 N–H and O–H groups in total. The van der Waals surface area contributed by atoms with Crippen LogP contribution in [-0.2, 0) is 17.1 Å². The maximum atomic E-state index is 5.75. The average Bonchev–Trinajstić information content (AvgIpc) is 3.33. The Bertz CT molecular complexity index is 753. The molecule has 0 aliphatic heterocycles. The van der Waals surface area contributed by atoms with Crippen molar-refractivity contribution < 1.29 is 21.8 Å². The molecule has 0 aromatic heterocycles. The zero-order valence-corrected chi connectivity index (χ0v) is 14.3. The average molecular weight is 354 g/mol. The second kappa shape index (κ2) is 9.57. The van der Waals surface area contributed by atoms with Gasteiger partial charge in [-0.2, -0.15) is 42.0 Å². The minimum absolute atomic E-state index is 0. The van der Waals surface area contributed by atoms with E-state index in [2.05, 4.69) is 24.3 Å². The summed E-state index contributed by atoms with van der Waals surface area (Å²) in [6, 6.07) is 36.3. The first-order valence-corrected chi connectivity index (χ1v) is 7.63. The Hall–Kier alpha value is -2.54. The third-order valence-electron chi connectivity index (χ3n) is 3.38. The zero-order chi connectivity index (χ0) is 15.7. The quantitative estimate of drug-likeness (QED) is 0.311. The monoisotopic (exact) mass is 354 g/mol. The summed E-state index contributed by atoms with van der Waals surface area (Å²) in [6.07, 6.45) is 0. The van der Waals surface area contributed by atoms with Crippen LogP contribution in [0.3, 0.4) is 0 Å². The summed E-state index contributed by atoms with van der Waals surface area (Å²) in [6.45, 7) is 0. The first-order valence-electron chi connectivity index (χ1n) is 7.63. The molecule has 1 nitrogen and oxygen atoms in total. The molecule has 120 valence electrons. The van der Waals surface area contributed by atoms with Crippen LogP contribution in [0.25, 0.3) is 11.1 Å². The maximum Gasteiger partial charge on any atom is 2.00 e. The molecule has 0 aliphatic rings. The third-order valence-corrected chi connectivity index (χ3v) is 3.38. The van der Waals surface area contributed by atoms with Gasteiger partial charge < -0.3 is 4.74 Å². The smallest absolute Gasteiger partial charge is 0.457 e. The summed E-state index contributed by atoms with van der Waals surface area (Å²) in [5.41, 5.74) is 2.45. The minimum Gasteiger partial charge on any atom is -0.457 e. The van der Waals surface area contributed by atoms with E-state index in [0.717, 1.165) is 11.5 Å². The Labute approximate surface area is 153 Å². The molecule has 2 heteroatoms. The van der Waals surface area contributed by atoms with Gasteiger partial charge in [0.15, 0.2) is 0 Å². The Morgan fingerprint density at radius 3 is 1.79 bits per heavy atom. The molecule has 24 heavy (non-hydrogen) atoms. The first kappa shape index (κ1) is 17.8. The molecule has 0 unspecified atom stereocenters. The van der Waals surface area contributed by atoms with Gasteiger partial charge in [-0.25, -0.2) is 12.1 Å². The van der Waals surface area contributed by atoms with Crippen LogP contribution in [0.2, 0.25) is 0 Å². The Balaban J connectivity index is 0.000000300. The van der Waals surface area contributed by atoms with Gasteiger partial charge >= 0.3 is 17.1 Å². The number of para-hydroxylation sites is 1. The van der Waals surface area contributed by atoms with E-state index >= 15 is 0 Å². The number of hydrogen-bond acceptors (Lipinski definition) is 1. The van der Waals surface area contributed by atoms with E-state index in [9.17, 15) is 0 Å². The molecular formula is C22H18FeO. The minimum atomic E-state index is 0. The van der Waals surface area contributed by atoms with E-state index in [4.69, 9.17) is 4.74 Å². The van der Waals surface area contributed by atoms with Crippen molar-refractivity contribution in [2.45, 2.75) is 0 Å². The number of ether oxygens (including phenoxy) is 1. The largest absolute Gasteiger partial charge is 2.00 e. The third kappa shape index (κ3) is 5.27. The van der Waals surface area contributed by atoms with E-state index in [1.165, 1.54) is 11.1 Å². The number of hydrogen-bond donors (Lipinski definition) is 0. The first-order chi connectivity index (χ1) is 11.4. The predicted octanol–water partition coefficient (Wildman–Crippen LogP) is 6.27. The maximum absolute atomic E-state index is 5.75. The van der Waals surface area contributed by atoms with E-state index < -0.39 is 0 Å². The Morgan fingerprint density at radius 1 is 0.583 bits per heavy atom. The van der Waals surface area contributed by atoms with Gasteiger partial charge in [-0.3, -0.25) is 0 Å². The summed E-state index contributed by atoms with van der Waals surface area (Å²) < 4.78 is 5.75. The molecule has 0 radical (unpaired) electrons. The van der Waals surface area contributed by atoms with Crippen molar-refractivity contribution >= 4 is 0 Å². The summed E-state index contributed by atoms with van der Waals surface area (Å²) in [7, 11) is 0. The fourth-order valence-corrected chi connectivity index (χ4v) is 2.23. The molecule has 0 amide bonds. The van der Waals surface area contributed by atoms with Crippen LogP contribution in [0.4, 0.5) is 0 Å². The van der Waals surface area contributed by atoms with Gasteiger partial charge in [0, 0.05) is 0 Å². The van der Waals surface area contributed by atoms with Crippen LogP contribution >= 0.6 is 0 Å². The van der Waals surface area contributed by atoms with Gasteiger partial charge in [-0.05, 0) is 24.3 Å². The van der Waals surface area contributed by atoms with Crippen molar-refractivity contribution in [2.75, 3.05) is 0 Å². The van der Waals surface area contributed by atoms with Gasteiger partial charge in [0.2, 0.25) is 0 Å². The van der Waals surface area contributed by atoms with Crippen molar-refractivity contribution in [1.82, 2.24) is 0 Å². The van der Waals surface area contributed by atoms with Crippen LogP contribution in [0.15, 0.2) is 109 Å². The van der Waals surface area contributed by atoms with Crippen molar-refractivity contribution in [1.29, 1.82) is 0 Å². The van der Waals surface area contributed by atoms with Gasteiger partial charge in [0.25, 0.3) is 0 Å². The second-order valence-electron chi connectivity index (χ2n) is 5.08. The summed E-state index contributed by atoms with van der Waals surface area (Å²) >= 11 is 0. The molecule has 0 atom stereocenters. The van der Waals surface area contributed by atoms with Crippen molar-refractivity contribution in [3.05, 3.63) is 109 Å². The van der Waals surface area contributed by atoms with Gasteiger partial charge in [-0.15, -0.1) is 6.07 Å². The fourth-order valence-electron chi connectivity index (χ4n) is 2.23. The zero-order valence-electron chi connectivity index (χ0n) is 13.2. The van der Waals surface area contributed by atoms with Crippen molar-refractivity contribution in [2.24, 2.45) is 0 Å². The van der Waals surface area contributed by atoms with Gasteiger partial charge in [0.1, 0.15) is 11.5 Å². The van der Waals surface area contributed by atoms with Gasteiger partial charge in [0.05, 0.1) is 0 Å². The van der Waals surface area contributed by atoms with E-state index in [0.29, 0.717) is 0 Å². The molecule has 4 aromatic rings. The van der Waals surface area contributed by atoms with E-state index in [1.807, 2.05) is 84.9 Å². The number of benzene rings is 2. The molecular weight excluding hydrogens is 336 g/mol. The predicted molar refractivity (Wildman–Crippen MR) is 96.0 cm³/mol. The summed E-state index contributed by atoms with van der Waals surface area (Å²) in [5.74, 6) is 1.72. The van der Waals surface area contributed by atoms with Gasteiger partial charge in [-0.1, -0.05) is 35.9 Å². The van der Waals surface area contributed by atoms with Crippen molar-refractivity contribution in [3.63, 3.8) is 0 Å². The molecule has 0 aliphatic carbocycles. The van der Waals surface area contributed by atoms with Crippen molar-refractivity contribution in [3.8, 4) is 22.6 Å². The van der Waals surface area contributed by atoms with Crippen LogP contribution in [0.1, 0.15) is 0 Å².